The fourth-order valence-corrected chi connectivity index (χ4v) is 3.81. The van der Waals surface area contributed by atoms with Crippen molar-refractivity contribution in [2.75, 3.05) is 44.0 Å². The minimum atomic E-state index is -0.241. The summed E-state index contributed by atoms with van der Waals surface area (Å²) in [6.07, 6.45) is 0.463. The van der Waals surface area contributed by atoms with E-state index in [-0.39, 0.29) is 11.7 Å². The molecule has 1 aliphatic heterocycles. The second-order valence-electron chi connectivity index (χ2n) is 6.57. The van der Waals surface area contributed by atoms with Gasteiger partial charge in [-0.3, -0.25) is 4.79 Å². The van der Waals surface area contributed by atoms with Crippen LogP contribution >= 0.6 is 11.8 Å². The van der Waals surface area contributed by atoms with Crippen LogP contribution in [0.15, 0.2) is 53.4 Å². The van der Waals surface area contributed by atoms with Gasteiger partial charge in [0.1, 0.15) is 5.82 Å². The Labute approximate surface area is 164 Å². The highest BCUT2D eigenvalue weighted by Crippen LogP contribution is 2.20. The Kier molecular flexibility index (Phi) is 7.12. The maximum Gasteiger partial charge on any atom is 0.223 e. The molecule has 0 spiro atoms. The van der Waals surface area contributed by atoms with Gasteiger partial charge in [-0.25, -0.2) is 4.39 Å². The molecule has 4 nitrogen and oxygen atoms in total. The lowest BCUT2D eigenvalue weighted by Crippen LogP contribution is -2.36. The van der Waals surface area contributed by atoms with Gasteiger partial charge in [-0.15, -0.1) is 11.8 Å². The predicted octanol–water partition coefficient (Wildman–Crippen LogP) is 3.80. The van der Waals surface area contributed by atoms with E-state index in [1.165, 1.54) is 17.8 Å². The van der Waals surface area contributed by atoms with E-state index in [1.807, 2.05) is 7.05 Å². The summed E-state index contributed by atoms with van der Waals surface area (Å²) in [5.74, 6) is 0.557. The molecule has 0 aliphatic carbocycles. The third kappa shape index (κ3) is 5.97. The molecule has 0 saturated carbocycles. The highest BCUT2D eigenvalue weighted by Gasteiger charge is 2.12. The zero-order valence-electron chi connectivity index (χ0n) is 15.6. The Bertz CT molecular complexity index is 731. The van der Waals surface area contributed by atoms with Crippen LogP contribution in [0.3, 0.4) is 0 Å². The van der Waals surface area contributed by atoms with Gasteiger partial charge < -0.3 is 14.5 Å². The SMILES string of the molecule is CN(Cc1ccc(N2CCOCC2)cc1)C(=O)CCSc1ccc(F)cc1. The van der Waals surface area contributed by atoms with Crippen LogP contribution in [0.2, 0.25) is 0 Å². The number of benzene rings is 2. The number of ether oxygens (including phenoxy) is 1. The molecule has 6 heteroatoms. The summed E-state index contributed by atoms with van der Waals surface area (Å²) in [4.78, 5) is 17.4. The first-order valence-corrected chi connectivity index (χ1v) is 10.1. The van der Waals surface area contributed by atoms with Crippen LogP contribution in [0.1, 0.15) is 12.0 Å². The summed E-state index contributed by atoms with van der Waals surface area (Å²) in [7, 11) is 1.83. The van der Waals surface area contributed by atoms with Crippen LogP contribution in [0.25, 0.3) is 0 Å². The summed E-state index contributed by atoms with van der Waals surface area (Å²) in [6, 6.07) is 14.8. The molecule has 2 aromatic carbocycles. The van der Waals surface area contributed by atoms with E-state index in [0.717, 1.165) is 36.8 Å². The van der Waals surface area contributed by atoms with Gasteiger partial charge in [-0.2, -0.15) is 0 Å². The first-order chi connectivity index (χ1) is 13.1. The third-order valence-corrected chi connectivity index (χ3v) is 5.57. The van der Waals surface area contributed by atoms with Crippen LogP contribution < -0.4 is 4.90 Å². The topological polar surface area (TPSA) is 32.8 Å². The molecule has 0 bridgehead atoms. The number of hydrogen-bond donors (Lipinski definition) is 0. The molecule has 3 rings (SSSR count). The number of carbonyl (C=O) groups excluding carboxylic acids is 1. The van der Waals surface area contributed by atoms with Crippen molar-refractivity contribution in [3.8, 4) is 0 Å². The van der Waals surface area contributed by atoms with Gasteiger partial charge in [0.15, 0.2) is 0 Å². The van der Waals surface area contributed by atoms with E-state index in [1.54, 1.807) is 28.8 Å². The van der Waals surface area contributed by atoms with Gasteiger partial charge in [0.05, 0.1) is 13.2 Å². The minimum absolute atomic E-state index is 0.113. The number of halogens is 1. The van der Waals surface area contributed by atoms with Crippen LogP contribution in [0.4, 0.5) is 10.1 Å². The molecule has 27 heavy (non-hydrogen) atoms. The molecular formula is C21H25FN2O2S. The van der Waals surface area contributed by atoms with Crippen molar-refractivity contribution >= 4 is 23.4 Å². The van der Waals surface area contributed by atoms with Gasteiger partial charge in [-0.05, 0) is 42.0 Å². The zero-order chi connectivity index (χ0) is 19.1. The van der Waals surface area contributed by atoms with Crippen LogP contribution in [-0.2, 0) is 16.1 Å². The minimum Gasteiger partial charge on any atom is -0.378 e. The Morgan fingerprint density at radius 3 is 2.44 bits per heavy atom. The van der Waals surface area contributed by atoms with E-state index in [9.17, 15) is 9.18 Å². The molecule has 1 amide bonds. The summed E-state index contributed by atoms with van der Waals surface area (Å²) in [5.41, 5.74) is 2.32. The van der Waals surface area contributed by atoms with E-state index in [2.05, 4.69) is 29.2 Å². The number of amides is 1. The fourth-order valence-electron chi connectivity index (χ4n) is 2.97. The molecule has 0 unspecified atom stereocenters. The van der Waals surface area contributed by atoms with Gasteiger partial charge in [0, 0.05) is 49.4 Å². The molecule has 0 atom stereocenters. The monoisotopic (exact) mass is 388 g/mol. The maximum absolute atomic E-state index is 12.9. The molecule has 1 fully saturated rings. The van der Waals surface area contributed by atoms with Crippen molar-refractivity contribution in [2.24, 2.45) is 0 Å². The molecule has 0 aromatic heterocycles. The highest BCUT2D eigenvalue weighted by atomic mass is 32.2. The maximum atomic E-state index is 12.9. The van der Waals surface area contributed by atoms with Gasteiger partial charge in [0.2, 0.25) is 5.91 Å². The lowest BCUT2D eigenvalue weighted by atomic mass is 10.1. The Morgan fingerprint density at radius 2 is 1.78 bits per heavy atom. The van der Waals surface area contributed by atoms with Crippen molar-refractivity contribution in [2.45, 2.75) is 17.9 Å². The van der Waals surface area contributed by atoms with Gasteiger partial charge in [0.25, 0.3) is 0 Å². The summed E-state index contributed by atoms with van der Waals surface area (Å²) < 4.78 is 18.3. The Balaban J connectivity index is 1.43. The number of morpholine rings is 1. The third-order valence-electron chi connectivity index (χ3n) is 4.56. The van der Waals surface area contributed by atoms with Crippen molar-refractivity contribution in [3.63, 3.8) is 0 Å². The summed E-state index contributed by atoms with van der Waals surface area (Å²) in [5, 5.41) is 0. The summed E-state index contributed by atoms with van der Waals surface area (Å²) in [6.45, 7) is 3.99. The first-order valence-electron chi connectivity index (χ1n) is 9.16. The number of thioether (sulfide) groups is 1. The number of hydrogen-bond acceptors (Lipinski definition) is 4. The normalized spacial score (nSPS) is 14.2. The quantitative estimate of drug-likeness (QED) is 0.676. The highest BCUT2D eigenvalue weighted by molar-refractivity contribution is 7.99. The average Bonchev–Trinajstić information content (AvgIpc) is 2.70. The molecule has 2 aromatic rings. The smallest absolute Gasteiger partial charge is 0.223 e. The Morgan fingerprint density at radius 1 is 1.11 bits per heavy atom. The van der Waals surface area contributed by atoms with E-state index >= 15 is 0 Å². The number of carbonyl (C=O) groups is 1. The molecular weight excluding hydrogens is 363 g/mol. The average molecular weight is 389 g/mol. The standard InChI is InChI=1S/C21H25FN2O2S/c1-23(21(25)10-15-27-20-8-4-18(22)5-9-20)16-17-2-6-19(7-3-17)24-11-13-26-14-12-24/h2-9H,10-16H2,1H3. The van der Waals surface area contributed by atoms with Gasteiger partial charge in [-0.1, -0.05) is 12.1 Å². The number of anilines is 1. The zero-order valence-corrected chi connectivity index (χ0v) is 16.4. The van der Waals surface area contributed by atoms with Crippen LogP contribution in [0.5, 0.6) is 0 Å². The fraction of sp³-hybridized carbons (Fsp3) is 0.381. The molecule has 1 saturated heterocycles. The lowest BCUT2D eigenvalue weighted by Gasteiger charge is -2.29. The lowest BCUT2D eigenvalue weighted by molar-refractivity contribution is -0.129. The molecule has 144 valence electrons. The predicted molar refractivity (Wildman–Crippen MR) is 108 cm³/mol. The molecule has 0 radical (unpaired) electrons. The second kappa shape index (κ2) is 9.76. The molecule has 0 N–H and O–H groups in total. The van der Waals surface area contributed by atoms with E-state index < -0.39 is 0 Å². The van der Waals surface area contributed by atoms with Crippen LogP contribution in [-0.4, -0.2) is 49.9 Å². The van der Waals surface area contributed by atoms with Gasteiger partial charge >= 0.3 is 0 Å². The van der Waals surface area contributed by atoms with Crippen molar-refractivity contribution in [1.82, 2.24) is 4.90 Å². The number of rotatable bonds is 7. The Hall–Kier alpha value is -2.05. The second-order valence-corrected chi connectivity index (χ2v) is 7.74. The summed E-state index contributed by atoms with van der Waals surface area (Å²) >= 11 is 1.57. The molecule has 1 aliphatic rings. The van der Waals surface area contributed by atoms with Crippen molar-refractivity contribution in [3.05, 3.63) is 59.9 Å². The largest absolute Gasteiger partial charge is 0.378 e. The van der Waals surface area contributed by atoms with E-state index in [4.69, 9.17) is 4.74 Å². The first kappa shape index (κ1) is 19.7. The molecule has 1 heterocycles. The van der Waals surface area contributed by atoms with Crippen molar-refractivity contribution in [1.29, 1.82) is 0 Å². The van der Waals surface area contributed by atoms with Crippen LogP contribution in [0, 0.1) is 5.82 Å². The van der Waals surface area contributed by atoms with Crippen molar-refractivity contribution < 1.29 is 13.9 Å². The van der Waals surface area contributed by atoms with E-state index in [0.29, 0.717) is 18.7 Å². The number of nitrogens with zero attached hydrogens (tertiary/aromatic N) is 2.